The smallest absolute Gasteiger partial charge is 0.0187 e. The molecule has 1 N–H and O–H groups in total. The number of unbranched alkanes of at least 4 members (excludes halogenated alkanes) is 1. The van der Waals surface area contributed by atoms with Crippen LogP contribution in [0.3, 0.4) is 0 Å². The van der Waals surface area contributed by atoms with Crippen LogP contribution in [0.4, 0.5) is 0 Å². The van der Waals surface area contributed by atoms with Gasteiger partial charge in [-0.15, -0.1) is 0 Å². The second-order valence-electron chi connectivity index (χ2n) is 4.76. The van der Waals surface area contributed by atoms with Crippen LogP contribution in [0.5, 0.6) is 0 Å². The molecule has 0 radical (unpaired) electrons. The van der Waals surface area contributed by atoms with E-state index in [1.165, 1.54) is 44.3 Å². The van der Waals surface area contributed by atoms with Crippen molar-refractivity contribution in [2.75, 3.05) is 26.2 Å². The Hall–Kier alpha value is -0.340. The van der Waals surface area contributed by atoms with Crippen LogP contribution in [0.2, 0.25) is 0 Å². The summed E-state index contributed by atoms with van der Waals surface area (Å²) >= 11 is 0. The minimum absolute atomic E-state index is 0.864. The monoisotopic (exact) mass is 210 g/mol. The molecule has 0 amide bonds. The topological polar surface area (TPSA) is 15.3 Å². The van der Waals surface area contributed by atoms with Crippen molar-refractivity contribution in [3.63, 3.8) is 0 Å². The molecule has 1 saturated carbocycles. The molecule has 1 fully saturated rings. The molecule has 0 aromatic carbocycles. The second-order valence-corrected chi connectivity index (χ2v) is 4.76. The average molecular weight is 210 g/mol. The summed E-state index contributed by atoms with van der Waals surface area (Å²) < 4.78 is 0. The van der Waals surface area contributed by atoms with Gasteiger partial charge in [-0.1, -0.05) is 19.1 Å². The fourth-order valence-electron chi connectivity index (χ4n) is 1.78. The first kappa shape index (κ1) is 12.7. The first-order valence-electron chi connectivity index (χ1n) is 6.32. The van der Waals surface area contributed by atoms with E-state index in [1.54, 1.807) is 0 Å². The van der Waals surface area contributed by atoms with Crippen molar-refractivity contribution in [2.24, 2.45) is 0 Å². The zero-order valence-electron chi connectivity index (χ0n) is 10.4. The van der Waals surface area contributed by atoms with Crippen LogP contribution in [0.1, 0.15) is 39.5 Å². The van der Waals surface area contributed by atoms with Gasteiger partial charge in [0.15, 0.2) is 0 Å². The van der Waals surface area contributed by atoms with Crippen molar-refractivity contribution in [1.82, 2.24) is 10.2 Å². The second kappa shape index (κ2) is 7.02. The molecule has 0 aromatic rings. The van der Waals surface area contributed by atoms with Gasteiger partial charge in [0, 0.05) is 12.6 Å². The molecule has 0 atom stereocenters. The molecule has 2 nitrogen and oxygen atoms in total. The lowest BCUT2D eigenvalue weighted by Crippen LogP contribution is -2.27. The van der Waals surface area contributed by atoms with Gasteiger partial charge in [0.2, 0.25) is 0 Å². The molecule has 15 heavy (non-hydrogen) atoms. The largest absolute Gasteiger partial charge is 0.314 e. The third-order valence-electron chi connectivity index (χ3n) is 2.85. The van der Waals surface area contributed by atoms with E-state index in [0.717, 1.165) is 19.1 Å². The average Bonchev–Trinajstić information content (AvgIpc) is 2.98. The van der Waals surface area contributed by atoms with Gasteiger partial charge in [0.25, 0.3) is 0 Å². The third-order valence-corrected chi connectivity index (χ3v) is 2.85. The summed E-state index contributed by atoms with van der Waals surface area (Å²) in [5, 5.41) is 3.55. The standard InChI is InChI=1S/C13H26N2/c1-4-15(11-12(2)3)10-6-5-9-14-13-7-8-13/h13-14H,2,4-11H2,1,3H3. The van der Waals surface area contributed by atoms with Crippen molar-refractivity contribution < 1.29 is 0 Å². The predicted molar refractivity (Wildman–Crippen MR) is 67.2 cm³/mol. The Morgan fingerprint density at radius 3 is 2.67 bits per heavy atom. The van der Waals surface area contributed by atoms with Crippen molar-refractivity contribution in [3.05, 3.63) is 12.2 Å². The van der Waals surface area contributed by atoms with Crippen molar-refractivity contribution in [3.8, 4) is 0 Å². The summed E-state index contributed by atoms with van der Waals surface area (Å²) in [7, 11) is 0. The molecule has 0 heterocycles. The van der Waals surface area contributed by atoms with Crippen molar-refractivity contribution in [1.29, 1.82) is 0 Å². The van der Waals surface area contributed by atoms with Gasteiger partial charge in [-0.3, -0.25) is 4.90 Å². The van der Waals surface area contributed by atoms with Gasteiger partial charge < -0.3 is 5.32 Å². The minimum Gasteiger partial charge on any atom is -0.314 e. The summed E-state index contributed by atoms with van der Waals surface area (Å²) in [6.07, 6.45) is 5.41. The third kappa shape index (κ3) is 6.69. The quantitative estimate of drug-likeness (QED) is 0.464. The maximum absolute atomic E-state index is 3.96. The highest BCUT2D eigenvalue weighted by Crippen LogP contribution is 2.18. The SMILES string of the molecule is C=C(C)CN(CC)CCCCNC1CC1. The Labute approximate surface area is 94.7 Å². The molecule has 88 valence electrons. The van der Waals surface area contributed by atoms with Crippen molar-refractivity contribution in [2.45, 2.75) is 45.6 Å². The molecule has 1 rings (SSSR count). The fraction of sp³-hybridized carbons (Fsp3) is 0.846. The summed E-state index contributed by atoms with van der Waals surface area (Å²) in [4.78, 5) is 2.47. The van der Waals surface area contributed by atoms with E-state index in [1.807, 2.05) is 0 Å². The lowest BCUT2D eigenvalue weighted by atomic mass is 10.2. The Kier molecular flexibility index (Phi) is 5.96. The van der Waals surface area contributed by atoms with Crippen LogP contribution in [0.15, 0.2) is 12.2 Å². The van der Waals surface area contributed by atoms with E-state index in [0.29, 0.717) is 0 Å². The number of nitrogens with one attached hydrogen (secondary N) is 1. The number of rotatable bonds is 9. The molecule has 0 unspecified atom stereocenters. The molecule has 0 aliphatic heterocycles. The zero-order valence-corrected chi connectivity index (χ0v) is 10.4. The summed E-state index contributed by atoms with van der Waals surface area (Å²) in [6, 6.07) is 0.864. The molecular weight excluding hydrogens is 184 g/mol. The normalized spacial score (nSPS) is 15.9. The summed E-state index contributed by atoms with van der Waals surface area (Å²) in [5.41, 5.74) is 1.27. The highest BCUT2D eigenvalue weighted by Gasteiger charge is 2.19. The fourth-order valence-corrected chi connectivity index (χ4v) is 1.78. The van der Waals surface area contributed by atoms with E-state index in [2.05, 4.69) is 30.6 Å². The van der Waals surface area contributed by atoms with Crippen molar-refractivity contribution >= 4 is 0 Å². The van der Waals surface area contributed by atoms with E-state index < -0.39 is 0 Å². The zero-order chi connectivity index (χ0) is 11.1. The van der Waals surface area contributed by atoms with Gasteiger partial charge >= 0.3 is 0 Å². The van der Waals surface area contributed by atoms with E-state index in [-0.39, 0.29) is 0 Å². The summed E-state index contributed by atoms with van der Waals surface area (Å²) in [6.45, 7) is 12.9. The number of hydrogen-bond donors (Lipinski definition) is 1. The number of nitrogens with zero attached hydrogens (tertiary/aromatic N) is 1. The Balaban J connectivity index is 1.92. The highest BCUT2D eigenvalue weighted by molar-refractivity contribution is 4.91. The lowest BCUT2D eigenvalue weighted by Gasteiger charge is -2.20. The molecule has 0 spiro atoms. The molecular formula is C13H26N2. The number of hydrogen-bond acceptors (Lipinski definition) is 2. The Morgan fingerprint density at radius 2 is 2.13 bits per heavy atom. The Morgan fingerprint density at radius 1 is 1.40 bits per heavy atom. The molecule has 0 saturated heterocycles. The van der Waals surface area contributed by atoms with Crippen LogP contribution >= 0.6 is 0 Å². The van der Waals surface area contributed by atoms with Gasteiger partial charge in [0.05, 0.1) is 0 Å². The Bertz CT molecular complexity index is 185. The van der Waals surface area contributed by atoms with Crippen LogP contribution in [0.25, 0.3) is 0 Å². The van der Waals surface area contributed by atoms with E-state index in [4.69, 9.17) is 0 Å². The first-order valence-corrected chi connectivity index (χ1v) is 6.32. The predicted octanol–water partition coefficient (Wildman–Crippen LogP) is 2.42. The maximum Gasteiger partial charge on any atom is 0.0187 e. The van der Waals surface area contributed by atoms with Gasteiger partial charge in [-0.2, -0.15) is 0 Å². The highest BCUT2D eigenvalue weighted by atomic mass is 15.1. The molecule has 1 aliphatic carbocycles. The lowest BCUT2D eigenvalue weighted by molar-refractivity contribution is 0.304. The number of likely N-dealkylation sites (N-methyl/N-ethyl adjacent to an activating group) is 1. The van der Waals surface area contributed by atoms with Gasteiger partial charge in [-0.05, 0) is 52.2 Å². The first-order chi connectivity index (χ1) is 7.22. The van der Waals surface area contributed by atoms with E-state index >= 15 is 0 Å². The van der Waals surface area contributed by atoms with E-state index in [9.17, 15) is 0 Å². The molecule has 2 heteroatoms. The van der Waals surface area contributed by atoms with Crippen LogP contribution in [0, 0.1) is 0 Å². The van der Waals surface area contributed by atoms with Crippen LogP contribution in [-0.2, 0) is 0 Å². The summed E-state index contributed by atoms with van der Waals surface area (Å²) in [5.74, 6) is 0. The molecule has 0 aromatic heterocycles. The molecule has 0 bridgehead atoms. The molecule has 1 aliphatic rings. The van der Waals surface area contributed by atoms with Gasteiger partial charge in [0.1, 0.15) is 0 Å². The van der Waals surface area contributed by atoms with Crippen LogP contribution in [-0.4, -0.2) is 37.1 Å². The maximum atomic E-state index is 3.96. The minimum atomic E-state index is 0.864. The van der Waals surface area contributed by atoms with Crippen LogP contribution < -0.4 is 5.32 Å². The van der Waals surface area contributed by atoms with Gasteiger partial charge in [-0.25, -0.2) is 0 Å².